The topological polar surface area (TPSA) is 85.6 Å². The molecule has 11 heteroatoms. The van der Waals surface area contributed by atoms with E-state index in [0.29, 0.717) is 31.5 Å². The summed E-state index contributed by atoms with van der Waals surface area (Å²) in [6, 6.07) is 13.3. The summed E-state index contributed by atoms with van der Waals surface area (Å²) < 4.78 is 1.94. The van der Waals surface area contributed by atoms with E-state index in [1.165, 1.54) is 23.1 Å². The fraction of sp³-hybridized carbons (Fsp3) is 0.136. The molecule has 5 aromatic rings. The monoisotopic (exact) mass is 514 g/mol. The molecule has 0 radical (unpaired) electrons. The second-order valence-electron chi connectivity index (χ2n) is 7.26. The van der Waals surface area contributed by atoms with Crippen LogP contribution in [0.3, 0.4) is 0 Å². The second-order valence-corrected chi connectivity index (χ2v) is 10.2. The van der Waals surface area contributed by atoms with Gasteiger partial charge in [-0.3, -0.25) is 4.79 Å². The lowest BCUT2D eigenvalue weighted by Crippen LogP contribution is -2.14. The van der Waals surface area contributed by atoms with Crippen LogP contribution in [0.5, 0.6) is 0 Å². The number of aryl methyl sites for hydroxylation is 1. The Labute approximate surface area is 207 Å². The summed E-state index contributed by atoms with van der Waals surface area (Å²) in [5.41, 5.74) is 3.47. The standard InChI is InChI=1S/C22H16Cl2N6OS2/c1-30-17-7-6-14(24)9-16(17)19-20(30)27-22(29-28-19)32-11-18(31)26-21-25-10-15(33-21)8-12-2-4-13(23)5-3-12/h2-7,9-10H,8,11H2,1H3,(H,25,26,31). The molecular weight excluding hydrogens is 499 g/mol. The minimum Gasteiger partial charge on any atom is -0.327 e. The van der Waals surface area contributed by atoms with Crippen LogP contribution in [0.4, 0.5) is 5.13 Å². The molecule has 7 nitrogen and oxygen atoms in total. The number of rotatable bonds is 6. The van der Waals surface area contributed by atoms with E-state index in [1.54, 1.807) is 6.20 Å². The number of halogens is 2. The number of hydrogen-bond acceptors (Lipinski definition) is 7. The lowest BCUT2D eigenvalue weighted by molar-refractivity contribution is -0.113. The smallest absolute Gasteiger partial charge is 0.236 e. The third-order valence-corrected chi connectivity index (χ3v) is 7.20. The molecule has 33 heavy (non-hydrogen) atoms. The number of benzene rings is 2. The van der Waals surface area contributed by atoms with E-state index < -0.39 is 0 Å². The van der Waals surface area contributed by atoms with E-state index in [0.717, 1.165) is 27.8 Å². The fourth-order valence-electron chi connectivity index (χ4n) is 3.41. The van der Waals surface area contributed by atoms with E-state index in [-0.39, 0.29) is 11.7 Å². The number of thiazole rings is 1. The van der Waals surface area contributed by atoms with Crippen molar-refractivity contribution in [2.24, 2.45) is 7.05 Å². The number of thioether (sulfide) groups is 1. The lowest BCUT2D eigenvalue weighted by atomic mass is 10.1. The highest BCUT2D eigenvalue weighted by Crippen LogP contribution is 2.28. The predicted octanol–water partition coefficient (Wildman–Crippen LogP) is 5.60. The molecule has 0 spiro atoms. The molecule has 0 unspecified atom stereocenters. The molecule has 1 amide bonds. The van der Waals surface area contributed by atoms with Gasteiger partial charge in [-0.2, -0.15) is 0 Å². The van der Waals surface area contributed by atoms with Gasteiger partial charge >= 0.3 is 0 Å². The number of anilines is 1. The zero-order valence-corrected chi connectivity index (χ0v) is 20.4. The minimum atomic E-state index is -0.181. The van der Waals surface area contributed by atoms with Crippen molar-refractivity contribution in [3.8, 4) is 0 Å². The first-order chi connectivity index (χ1) is 16.0. The van der Waals surface area contributed by atoms with Crippen molar-refractivity contribution in [1.29, 1.82) is 0 Å². The van der Waals surface area contributed by atoms with Crippen molar-refractivity contribution < 1.29 is 4.79 Å². The van der Waals surface area contributed by atoms with Gasteiger partial charge in [0, 0.05) is 40.0 Å². The number of carbonyl (C=O) groups excluding carboxylic acids is 1. The van der Waals surface area contributed by atoms with Crippen LogP contribution in [-0.4, -0.2) is 36.4 Å². The van der Waals surface area contributed by atoms with Crippen molar-refractivity contribution >= 4 is 79.4 Å². The summed E-state index contributed by atoms with van der Waals surface area (Å²) in [5, 5.41) is 14.6. The Hall–Kier alpha value is -2.72. The Morgan fingerprint density at radius 2 is 1.91 bits per heavy atom. The molecule has 5 rings (SSSR count). The number of fused-ring (bicyclic) bond motifs is 3. The molecule has 0 atom stereocenters. The van der Waals surface area contributed by atoms with Crippen LogP contribution >= 0.6 is 46.3 Å². The molecule has 1 N–H and O–H groups in total. The Kier molecular flexibility index (Phi) is 6.20. The second kappa shape index (κ2) is 9.26. The summed E-state index contributed by atoms with van der Waals surface area (Å²) in [4.78, 5) is 22.4. The van der Waals surface area contributed by atoms with Crippen molar-refractivity contribution in [2.75, 3.05) is 11.1 Å². The maximum Gasteiger partial charge on any atom is 0.236 e. The maximum atomic E-state index is 12.4. The Morgan fingerprint density at radius 3 is 2.73 bits per heavy atom. The largest absolute Gasteiger partial charge is 0.327 e. The highest BCUT2D eigenvalue weighted by molar-refractivity contribution is 7.99. The molecule has 0 bridgehead atoms. The fourth-order valence-corrected chi connectivity index (χ4v) is 5.16. The first kappa shape index (κ1) is 22.1. The first-order valence-electron chi connectivity index (χ1n) is 9.86. The molecule has 0 saturated carbocycles. The molecule has 2 aromatic carbocycles. The first-order valence-corrected chi connectivity index (χ1v) is 12.4. The van der Waals surface area contributed by atoms with Crippen LogP contribution in [0.15, 0.2) is 53.8 Å². The average molecular weight is 515 g/mol. The summed E-state index contributed by atoms with van der Waals surface area (Å²) in [7, 11) is 1.92. The minimum absolute atomic E-state index is 0.148. The molecule has 0 aliphatic rings. The van der Waals surface area contributed by atoms with E-state index in [2.05, 4.69) is 25.5 Å². The molecule has 0 aliphatic carbocycles. The van der Waals surface area contributed by atoms with Crippen LogP contribution in [-0.2, 0) is 18.3 Å². The van der Waals surface area contributed by atoms with Gasteiger partial charge in [0.15, 0.2) is 10.8 Å². The number of carbonyl (C=O) groups is 1. The molecule has 0 aliphatic heterocycles. The van der Waals surface area contributed by atoms with Gasteiger partial charge in [-0.05, 0) is 35.9 Å². The van der Waals surface area contributed by atoms with Crippen LogP contribution < -0.4 is 5.32 Å². The highest BCUT2D eigenvalue weighted by Gasteiger charge is 2.15. The number of nitrogens with one attached hydrogen (secondary N) is 1. The Morgan fingerprint density at radius 1 is 1.12 bits per heavy atom. The van der Waals surface area contributed by atoms with Gasteiger partial charge in [0.25, 0.3) is 0 Å². The van der Waals surface area contributed by atoms with Crippen LogP contribution in [0.2, 0.25) is 10.0 Å². The van der Waals surface area contributed by atoms with Crippen molar-refractivity contribution in [3.63, 3.8) is 0 Å². The lowest BCUT2D eigenvalue weighted by Gasteiger charge is -2.02. The molecular formula is C22H16Cl2N6OS2. The zero-order valence-electron chi connectivity index (χ0n) is 17.2. The van der Waals surface area contributed by atoms with Crippen molar-refractivity contribution in [2.45, 2.75) is 11.6 Å². The Bertz CT molecular complexity index is 1480. The summed E-state index contributed by atoms with van der Waals surface area (Å²) in [6.07, 6.45) is 2.50. The van der Waals surface area contributed by atoms with Gasteiger partial charge in [0.05, 0.1) is 11.3 Å². The van der Waals surface area contributed by atoms with E-state index >= 15 is 0 Å². The van der Waals surface area contributed by atoms with Gasteiger partial charge in [-0.15, -0.1) is 21.5 Å². The summed E-state index contributed by atoms with van der Waals surface area (Å²) in [5.74, 6) is -0.0328. The predicted molar refractivity (Wildman–Crippen MR) is 135 cm³/mol. The zero-order chi connectivity index (χ0) is 22.9. The van der Waals surface area contributed by atoms with Gasteiger partial charge in [-0.1, -0.05) is 47.1 Å². The van der Waals surface area contributed by atoms with Crippen molar-refractivity contribution in [1.82, 2.24) is 24.7 Å². The van der Waals surface area contributed by atoms with E-state index in [9.17, 15) is 4.79 Å². The van der Waals surface area contributed by atoms with E-state index in [1.807, 2.05) is 54.1 Å². The summed E-state index contributed by atoms with van der Waals surface area (Å²) >= 11 is 14.7. The molecule has 3 heterocycles. The number of amides is 1. The van der Waals surface area contributed by atoms with Crippen molar-refractivity contribution in [3.05, 3.63) is 69.1 Å². The average Bonchev–Trinajstić information content (AvgIpc) is 3.35. The van der Waals surface area contributed by atoms with Crippen LogP contribution in [0.1, 0.15) is 10.4 Å². The highest BCUT2D eigenvalue weighted by atomic mass is 35.5. The number of aromatic nitrogens is 5. The van der Waals surface area contributed by atoms with E-state index in [4.69, 9.17) is 23.2 Å². The number of hydrogen-bond donors (Lipinski definition) is 1. The van der Waals surface area contributed by atoms with Crippen LogP contribution in [0.25, 0.3) is 22.1 Å². The molecule has 166 valence electrons. The van der Waals surface area contributed by atoms with Gasteiger partial charge < -0.3 is 9.88 Å². The third kappa shape index (κ3) is 4.81. The quantitative estimate of drug-likeness (QED) is 0.296. The van der Waals surface area contributed by atoms with Gasteiger partial charge in [0.1, 0.15) is 5.52 Å². The SMILES string of the molecule is Cn1c2ccc(Cl)cc2c2nnc(SCC(=O)Nc3ncc(Cc4ccc(Cl)cc4)s3)nc21. The Balaban J connectivity index is 1.23. The number of nitrogens with zero attached hydrogens (tertiary/aromatic N) is 5. The van der Waals surface area contributed by atoms with Crippen LogP contribution in [0, 0.1) is 0 Å². The normalized spacial score (nSPS) is 11.4. The third-order valence-electron chi connectivity index (χ3n) is 4.97. The van der Waals surface area contributed by atoms with Gasteiger partial charge in [0.2, 0.25) is 11.1 Å². The molecule has 0 saturated heterocycles. The molecule has 3 aromatic heterocycles. The molecule has 0 fully saturated rings. The van der Waals surface area contributed by atoms with Gasteiger partial charge in [-0.25, -0.2) is 9.97 Å². The summed E-state index contributed by atoms with van der Waals surface area (Å²) in [6.45, 7) is 0. The maximum absolute atomic E-state index is 12.4.